The zero-order valence-electron chi connectivity index (χ0n) is 12.6. The summed E-state index contributed by atoms with van der Waals surface area (Å²) in [5, 5.41) is 18.2. The van der Waals surface area contributed by atoms with Crippen LogP contribution in [0.5, 0.6) is 0 Å². The van der Waals surface area contributed by atoms with E-state index in [9.17, 15) is 10.1 Å². The first kappa shape index (κ1) is 15.2. The first-order valence-corrected chi connectivity index (χ1v) is 6.83. The van der Waals surface area contributed by atoms with Crippen molar-refractivity contribution in [1.82, 2.24) is 10.5 Å². The summed E-state index contributed by atoms with van der Waals surface area (Å²) in [7, 11) is 0. The van der Waals surface area contributed by atoms with Gasteiger partial charge in [-0.2, -0.15) is 0 Å². The van der Waals surface area contributed by atoms with Gasteiger partial charge < -0.3 is 9.84 Å². The van der Waals surface area contributed by atoms with Gasteiger partial charge in [0.15, 0.2) is 0 Å². The van der Waals surface area contributed by atoms with Crippen LogP contribution in [0.4, 0.5) is 5.69 Å². The zero-order chi connectivity index (χ0) is 15.6. The normalized spacial score (nSPS) is 13.9. The Morgan fingerprint density at radius 3 is 2.57 bits per heavy atom. The van der Waals surface area contributed by atoms with E-state index in [1.807, 2.05) is 33.8 Å². The van der Waals surface area contributed by atoms with Crippen LogP contribution in [-0.4, -0.2) is 10.1 Å². The number of nitro benzene ring substituents is 1. The van der Waals surface area contributed by atoms with Gasteiger partial charge >= 0.3 is 0 Å². The average molecular weight is 289 g/mol. The summed E-state index contributed by atoms with van der Waals surface area (Å²) in [5.74, 6) is 0.791. The maximum Gasteiger partial charge on any atom is 0.269 e. The summed E-state index contributed by atoms with van der Waals surface area (Å²) in [4.78, 5) is 10.5. The number of rotatable bonds is 5. The highest BCUT2D eigenvalue weighted by Gasteiger charge is 2.19. The molecule has 0 bridgehead atoms. The van der Waals surface area contributed by atoms with Crippen molar-refractivity contribution in [3.8, 4) is 0 Å². The van der Waals surface area contributed by atoms with E-state index in [1.165, 1.54) is 6.07 Å². The molecule has 6 heteroatoms. The topological polar surface area (TPSA) is 81.2 Å². The monoisotopic (exact) mass is 289 g/mol. The molecule has 0 amide bonds. The minimum Gasteiger partial charge on any atom is -0.361 e. The molecule has 0 saturated heterocycles. The van der Waals surface area contributed by atoms with E-state index in [4.69, 9.17) is 4.52 Å². The summed E-state index contributed by atoms with van der Waals surface area (Å²) >= 11 is 0. The molecule has 2 rings (SSSR count). The van der Waals surface area contributed by atoms with E-state index in [1.54, 1.807) is 12.1 Å². The van der Waals surface area contributed by atoms with E-state index < -0.39 is 0 Å². The number of nitrogens with zero attached hydrogens (tertiary/aromatic N) is 2. The first-order valence-electron chi connectivity index (χ1n) is 6.83. The summed E-state index contributed by atoms with van der Waals surface area (Å²) in [5.41, 5.74) is 2.87. The molecule has 1 aromatic heterocycles. The number of nitrogens with one attached hydrogen (secondary N) is 1. The fourth-order valence-corrected chi connectivity index (χ4v) is 2.57. The molecule has 0 saturated carbocycles. The average Bonchev–Trinajstić information content (AvgIpc) is 2.78. The third-order valence-corrected chi connectivity index (χ3v) is 3.60. The van der Waals surface area contributed by atoms with Crippen molar-refractivity contribution in [2.24, 2.45) is 0 Å². The van der Waals surface area contributed by atoms with Gasteiger partial charge in [0, 0.05) is 29.8 Å². The molecule has 0 aliphatic carbocycles. The molecule has 2 unspecified atom stereocenters. The minimum atomic E-state index is -0.381. The van der Waals surface area contributed by atoms with Gasteiger partial charge in [-0.1, -0.05) is 17.3 Å². The van der Waals surface area contributed by atoms with E-state index in [-0.39, 0.29) is 22.7 Å². The number of non-ortho nitro benzene ring substituents is 1. The Kier molecular flexibility index (Phi) is 4.37. The Morgan fingerprint density at radius 1 is 1.29 bits per heavy atom. The van der Waals surface area contributed by atoms with Crippen LogP contribution in [0.3, 0.4) is 0 Å². The quantitative estimate of drug-likeness (QED) is 0.671. The van der Waals surface area contributed by atoms with Crippen LogP contribution in [0.15, 0.2) is 28.8 Å². The smallest absolute Gasteiger partial charge is 0.269 e. The van der Waals surface area contributed by atoms with Gasteiger partial charge in [0.1, 0.15) is 5.76 Å². The van der Waals surface area contributed by atoms with Crippen molar-refractivity contribution in [2.75, 3.05) is 0 Å². The molecule has 1 N–H and O–H groups in total. The Hall–Kier alpha value is -2.21. The Labute approximate surface area is 123 Å². The fourth-order valence-electron chi connectivity index (χ4n) is 2.57. The van der Waals surface area contributed by atoms with E-state index in [2.05, 4.69) is 10.5 Å². The van der Waals surface area contributed by atoms with Gasteiger partial charge in [-0.05, 0) is 33.3 Å². The van der Waals surface area contributed by atoms with Crippen molar-refractivity contribution in [1.29, 1.82) is 0 Å². The maximum atomic E-state index is 10.8. The second kappa shape index (κ2) is 6.05. The van der Waals surface area contributed by atoms with Gasteiger partial charge in [0.2, 0.25) is 0 Å². The van der Waals surface area contributed by atoms with Crippen molar-refractivity contribution in [3.05, 3.63) is 57.0 Å². The molecule has 1 aromatic carbocycles. The number of hydrogen-bond acceptors (Lipinski definition) is 5. The summed E-state index contributed by atoms with van der Waals surface area (Å²) in [6, 6.07) is 6.70. The lowest BCUT2D eigenvalue weighted by atomic mass is 10.0. The molecule has 0 radical (unpaired) electrons. The number of hydrogen-bond donors (Lipinski definition) is 1. The molecule has 0 aliphatic rings. The molecule has 6 nitrogen and oxygen atoms in total. The van der Waals surface area contributed by atoms with E-state index >= 15 is 0 Å². The van der Waals surface area contributed by atoms with Crippen molar-refractivity contribution < 1.29 is 9.45 Å². The van der Waals surface area contributed by atoms with Crippen LogP contribution < -0.4 is 5.32 Å². The highest BCUT2D eigenvalue weighted by atomic mass is 16.6. The second-order valence-corrected chi connectivity index (χ2v) is 5.20. The van der Waals surface area contributed by atoms with Crippen LogP contribution in [0.25, 0.3) is 0 Å². The van der Waals surface area contributed by atoms with Crippen molar-refractivity contribution >= 4 is 5.69 Å². The molecule has 0 fully saturated rings. The molecule has 21 heavy (non-hydrogen) atoms. The summed E-state index contributed by atoms with van der Waals surface area (Å²) in [6.07, 6.45) is 0. The first-order chi connectivity index (χ1) is 9.90. The lowest BCUT2D eigenvalue weighted by Gasteiger charge is -2.20. The summed E-state index contributed by atoms with van der Waals surface area (Å²) in [6.45, 7) is 7.79. The molecular weight excluding hydrogens is 270 g/mol. The maximum absolute atomic E-state index is 10.8. The number of aryl methyl sites for hydroxylation is 2. The van der Waals surface area contributed by atoms with Crippen LogP contribution >= 0.6 is 0 Å². The standard InChI is InChI=1S/C15H19N3O3/c1-9(13-6-5-7-14(8-13)18(19)20)16-10(2)15-11(3)17-21-12(15)4/h5-10,16H,1-4H3. The second-order valence-electron chi connectivity index (χ2n) is 5.20. The molecule has 2 aromatic rings. The van der Waals surface area contributed by atoms with Gasteiger partial charge in [0.05, 0.1) is 10.6 Å². The zero-order valence-corrected chi connectivity index (χ0v) is 12.6. The SMILES string of the molecule is Cc1noc(C)c1C(C)NC(C)c1cccc([N+](=O)[O-])c1. The molecule has 112 valence electrons. The van der Waals surface area contributed by atoms with Crippen molar-refractivity contribution in [3.63, 3.8) is 0 Å². The highest BCUT2D eigenvalue weighted by Crippen LogP contribution is 2.25. The molecule has 1 heterocycles. The fraction of sp³-hybridized carbons (Fsp3) is 0.400. The Morgan fingerprint density at radius 2 is 2.00 bits per heavy atom. The lowest BCUT2D eigenvalue weighted by molar-refractivity contribution is -0.384. The van der Waals surface area contributed by atoms with E-state index in [0.29, 0.717) is 0 Å². The van der Waals surface area contributed by atoms with E-state index in [0.717, 1.165) is 22.6 Å². The predicted molar refractivity (Wildman–Crippen MR) is 79.0 cm³/mol. The van der Waals surface area contributed by atoms with Crippen molar-refractivity contribution in [2.45, 2.75) is 39.8 Å². The van der Waals surface area contributed by atoms with Gasteiger partial charge in [0.25, 0.3) is 5.69 Å². The van der Waals surface area contributed by atoms with Crippen LogP contribution in [0, 0.1) is 24.0 Å². The largest absolute Gasteiger partial charge is 0.361 e. The van der Waals surface area contributed by atoms with Gasteiger partial charge in [-0.15, -0.1) is 0 Å². The molecule has 0 spiro atoms. The highest BCUT2D eigenvalue weighted by molar-refractivity contribution is 5.36. The molecule has 2 atom stereocenters. The number of aromatic nitrogens is 1. The predicted octanol–water partition coefficient (Wildman–Crippen LogP) is 3.61. The Balaban J connectivity index is 2.16. The van der Waals surface area contributed by atoms with Crippen LogP contribution in [0.2, 0.25) is 0 Å². The summed E-state index contributed by atoms with van der Waals surface area (Å²) < 4.78 is 5.17. The van der Waals surface area contributed by atoms with Crippen LogP contribution in [-0.2, 0) is 0 Å². The Bertz CT molecular complexity index is 632. The minimum absolute atomic E-state index is 0.0198. The molecule has 0 aliphatic heterocycles. The number of nitro groups is 1. The lowest BCUT2D eigenvalue weighted by Crippen LogP contribution is -2.23. The molecular formula is C15H19N3O3. The third-order valence-electron chi connectivity index (χ3n) is 3.60. The number of benzene rings is 1. The van der Waals surface area contributed by atoms with Crippen LogP contribution in [0.1, 0.15) is 48.5 Å². The van der Waals surface area contributed by atoms with Gasteiger partial charge in [-0.25, -0.2) is 0 Å². The third kappa shape index (κ3) is 3.28. The van der Waals surface area contributed by atoms with Gasteiger partial charge in [-0.3, -0.25) is 10.1 Å².